The fourth-order valence-corrected chi connectivity index (χ4v) is 3.31. The molecule has 136 valence electrons. The lowest BCUT2D eigenvalue weighted by Gasteiger charge is -2.29. The minimum atomic E-state index is -0.291. The zero-order chi connectivity index (χ0) is 18.6. The quantitative estimate of drug-likeness (QED) is 0.605. The van der Waals surface area contributed by atoms with Gasteiger partial charge in [0.25, 0.3) is 0 Å². The summed E-state index contributed by atoms with van der Waals surface area (Å²) in [7, 11) is 1.43. The third-order valence-corrected chi connectivity index (χ3v) is 5.03. The number of hydrogen-bond donors (Lipinski definition) is 2. The lowest BCUT2D eigenvalue weighted by atomic mass is 9.77. The van der Waals surface area contributed by atoms with Gasteiger partial charge in [-0.1, -0.05) is 43.3 Å². The highest BCUT2D eigenvalue weighted by molar-refractivity contribution is 6.00. The van der Waals surface area contributed by atoms with Gasteiger partial charge in [0, 0.05) is 0 Å². The Balaban J connectivity index is 1.79. The Bertz CT molecular complexity index is 804. The number of para-hydroxylation sites is 2. The molecule has 0 bridgehead atoms. The first kappa shape index (κ1) is 18.0. The van der Waals surface area contributed by atoms with Crippen molar-refractivity contribution in [1.82, 2.24) is 5.43 Å². The van der Waals surface area contributed by atoms with E-state index in [2.05, 4.69) is 23.8 Å². The van der Waals surface area contributed by atoms with Crippen molar-refractivity contribution < 1.29 is 9.53 Å². The maximum Gasteiger partial charge on any atom is 0.308 e. The van der Waals surface area contributed by atoms with Gasteiger partial charge in [0.05, 0.1) is 29.8 Å². The number of benzene rings is 2. The van der Waals surface area contributed by atoms with Gasteiger partial charge >= 0.3 is 5.97 Å². The summed E-state index contributed by atoms with van der Waals surface area (Å²) in [5.41, 5.74) is 9.34. The molecule has 5 heteroatoms. The van der Waals surface area contributed by atoms with Gasteiger partial charge < -0.3 is 4.74 Å². The summed E-state index contributed by atoms with van der Waals surface area (Å²) in [6.07, 6.45) is 1.52. The molecular formula is C21H25N3O2. The number of carbonyl (C=O) groups excluding carboxylic acids is 1. The van der Waals surface area contributed by atoms with E-state index in [4.69, 9.17) is 9.73 Å². The van der Waals surface area contributed by atoms with Gasteiger partial charge in [0.15, 0.2) is 0 Å². The molecule has 1 heterocycles. The first-order chi connectivity index (χ1) is 12.5. The van der Waals surface area contributed by atoms with E-state index in [1.807, 2.05) is 55.5 Å². The maximum atomic E-state index is 11.8. The van der Waals surface area contributed by atoms with E-state index in [0.717, 1.165) is 30.1 Å². The Labute approximate surface area is 154 Å². The summed E-state index contributed by atoms with van der Waals surface area (Å²) < 4.78 is 4.86. The molecule has 0 aliphatic carbocycles. The molecule has 1 aliphatic heterocycles. The summed E-state index contributed by atoms with van der Waals surface area (Å²) in [6, 6.07) is 18.1. The van der Waals surface area contributed by atoms with Crippen LogP contribution >= 0.6 is 0 Å². The topological polar surface area (TPSA) is 62.7 Å². The number of nitrogens with zero attached hydrogens (tertiary/aromatic N) is 1. The average Bonchev–Trinajstić information content (AvgIpc) is 2.97. The van der Waals surface area contributed by atoms with Crippen molar-refractivity contribution >= 4 is 23.2 Å². The predicted octanol–water partition coefficient (Wildman–Crippen LogP) is 4.19. The van der Waals surface area contributed by atoms with Gasteiger partial charge in [-0.15, -0.1) is 0 Å². The molecule has 0 spiro atoms. The minimum absolute atomic E-state index is 0.145. The van der Waals surface area contributed by atoms with E-state index >= 15 is 0 Å². The molecule has 5 nitrogen and oxygen atoms in total. The number of hydrazine groups is 1. The van der Waals surface area contributed by atoms with Crippen molar-refractivity contribution in [2.45, 2.75) is 32.1 Å². The number of methoxy groups -OCH3 is 1. The number of nitrogens with one attached hydrogen (secondary N) is 2. The third kappa shape index (κ3) is 3.57. The van der Waals surface area contributed by atoms with Crippen molar-refractivity contribution in [2.75, 3.05) is 12.5 Å². The van der Waals surface area contributed by atoms with Crippen LogP contribution in [-0.4, -0.2) is 18.9 Å². The number of amidine groups is 1. The number of carbonyl (C=O) groups is 1. The second-order valence-electron chi connectivity index (χ2n) is 6.89. The number of hydrogen-bond acceptors (Lipinski definition) is 5. The SMILES string of the molecule is COC(=O)C(C)CCC1(C)C(NNc2ccccc2)=Nc2ccccc21. The van der Waals surface area contributed by atoms with E-state index in [1.54, 1.807) is 0 Å². The Morgan fingerprint density at radius 2 is 1.81 bits per heavy atom. The molecule has 3 rings (SSSR count). The molecule has 26 heavy (non-hydrogen) atoms. The highest BCUT2D eigenvalue weighted by Crippen LogP contribution is 2.42. The summed E-state index contributed by atoms with van der Waals surface area (Å²) in [5.74, 6) is 0.543. The number of anilines is 1. The van der Waals surface area contributed by atoms with Crippen LogP contribution in [0.2, 0.25) is 0 Å². The fourth-order valence-electron chi connectivity index (χ4n) is 3.31. The van der Waals surface area contributed by atoms with Crippen LogP contribution < -0.4 is 10.9 Å². The molecule has 2 atom stereocenters. The molecule has 2 N–H and O–H groups in total. The molecule has 1 aliphatic rings. The van der Waals surface area contributed by atoms with Crippen LogP contribution in [0.3, 0.4) is 0 Å². The first-order valence-electron chi connectivity index (χ1n) is 8.88. The zero-order valence-electron chi connectivity index (χ0n) is 15.5. The van der Waals surface area contributed by atoms with Crippen molar-refractivity contribution in [1.29, 1.82) is 0 Å². The Morgan fingerprint density at radius 3 is 2.54 bits per heavy atom. The van der Waals surface area contributed by atoms with Gasteiger partial charge in [0.1, 0.15) is 5.84 Å². The smallest absolute Gasteiger partial charge is 0.308 e. The van der Waals surface area contributed by atoms with Crippen molar-refractivity contribution in [2.24, 2.45) is 10.9 Å². The van der Waals surface area contributed by atoms with Crippen LogP contribution in [0, 0.1) is 5.92 Å². The average molecular weight is 351 g/mol. The molecular weight excluding hydrogens is 326 g/mol. The second kappa shape index (κ2) is 7.60. The van der Waals surface area contributed by atoms with Gasteiger partial charge in [0.2, 0.25) is 0 Å². The fraction of sp³-hybridized carbons (Fsp3) is 0.333. The Kier molecular flexibility index (Phi) is 5.26. The van der Waals surface area contributed by atoms with E-state index in [-0.39, 0.29) is 17.3 Å². The van der Waals surface area contributed by atoms with Gasteiger partial charge in [-0.25, -0.2) is 4.99 Å². The minimum Gasteiger partial charge on any atom is -0.469 e. The van der Waals surface area contributed by atoms with Crippen LogP contribution in [0.4, 0.5) is 11.4 Å². The zero-order valence-corrected chi connectivity index (χ0v) is 15.5. The second-order valence-corrected chi connectivity index (χ2v) is 6.89. The summed E-state index contributed by atoms with van der Waals surface area (Å²) in [6.45, 7) is 4.07. The number of ether oxygens (including phenoxy) is 1. The summed E-state index contributed by atoms with van der Waals surface area (Å²) >= 11 is 0. The molecule has 0 saturated carbocycles. The monoisotopic (exact) mass is 351 g/mol. The number of aliphatic imine (C=N–C) groups is 1. The normalized spacial score (nSPS) is 19.3. The van der Waals surface area contributed by atoms with Crippen LogP contribution in [0.1, 0.15) is 32.3 Å². The summed E-state index contributed by atoms with van der Waals surface area (Å²) in [4.78, 5) is 16.6. The van der Waals surface area contributed by atoms with E-state index in [0.29, 0.717) is 0 Å². The van der Waals surface area contributed by atoms with Gasteiger partial charge in [-0.2, -0.15) is 0 Å². The summed E-state index contributed by atoms with van der Waals surface area (Å²) in [5, 5.41) is 0. The van der Waals surface area contributed by atoms with E-state index in [9.17, 15) is 4.79 Å². The molecule has 0 amide bonds. The predicted molar refractivity (Wildman–Crippen MR) is 105 cm³/mol. The maximum absolute atomic E-state index is 11.8. The van der Waals surface area contributed by atoms with Crippen LogP contribution in [-0.2, 0) is 14.9 Å². The molecule has 0 radical (unpaired) electrons. The first-order valence-corrected chi connectivity index (χ1v) is 8.88. The molecule has 0 saturated heterocycles. The molecule has 2 unspecified atom stereocenters. The van der Waals surface area contributed by atoms with Crippen LogP contribution in [0.5, 0.6) is 0 Å². The highest BCUT2D eigenvalue weighted by atomic mass is 16.5. The van der Waals surface area contributed by atoms with Crippen molar-refractivity contribution in [3.63, 3.8) is 0 Å². The van der Waals surface area contributed by atoms with Gasteiger partial charge in [-0.3, -0.25) is 15.6 Å². The number of esters is 1. The molecule has 2 aromatic rings. The highest BCUT2D eigenvalue weighted by Gasteiger charge is 2.39. The third-order valence-electron chi connectivity index (χ3n) is 5.03. The van der Waals surface area contributed by atoms with Crippen LogP contribution in [0.15, 0.2) is 59.6 Å². The molecule has 0 aromatic heterocycles. The standard InChI is InChI=1S/C21H25N3O2/c1-15(19(25)26-3)13-14-21(2)17-11-7-8-12-18(17)22-20(21)24-23-16-9-5-4-6-10-16/h4-12,15,23H,13-14H2,1-3H3,(H,22,24). The Morgan fingerprint density at radius 1 is 1.12 bits per heavy atom. The Hall–Kier alpha value is -2.82. The van der Waals surface area contributed by atoms with Gasteiger partial charge in [-0.05, 0) is 43.5 Å². The lowest BCUT2D eigenvalue weighted by Crippen LogP contribution is -2.43. The molecule has 2 aromatic carbocycles. The largest absolute Gasteiger partial charge is 0.469 e. The van der Waals surface area contributed by atoms with Crippen molar-refractivity contribution in [3.05, 3.63) is 60.2 Å². The number of rotatable bonds is 6. The number of fused-ring (bicyclic) bond motifs is 1. The van der Waals surface area contributed by atoms with E-state index in [1.165, 1.54) is 12.7 Å². The lowest BCUT2D eigenvalue weighted by molar-refractivity contribution is -0.145. The van der Waals surface area contributed by atoms with Crippen LogP contribution in [0.25, 0.3) is 0 Å². The molecule has 0 fully saturated rings. The van der Waals surface area contributed by atoms with Crippen molar-refractivity contribution in [3.8, 4) is 0 Å². The van der Waals surface area contributed by atoms with E-state index < -0.39 is 0 Å².